The number of hydrogen-bond acceptors (Lipinski definition) is 3. The van der Waals surface area contributed by atoms with Crippen LogP contribution in [0, 0.1) is 11.3 Å². The Bertz CT molecular complexity index is 418. The summed E-state index contributed by atoms with van der Waals surface area (Å²) in [5.41, 5.74) is 0.818. The van der Waals surface area contributed by atoms with Gasteiger partial charge in [-0.05, 0) is 25.1 Å². The molecule has 0 unspecified atom stereocenters. The molecule has 15 heavy (non-hydrogen) atoms. The highest BCUT2D eigenvalue weighted by molar-refractivity contribution is 5.89. The van der Waals surface area contributed by atoms with E-state index in [1.807, 2.05) is 6.07 Å². The van der Waals surface area contributed by atoms with Gasteiger partial charge in [0.2, 0.25) is 0 Å². The van der Waals surface area contributed by atoms with Crippen molar-refractivity contribution in [2.24, 2.45) is 0 Å². The lowest BCUT2D eigenvalue weighted by atomic mass is 10.1. The van der Waals surface area contributed by atoms with Crippen molar-refractivity contribution in [3.05, 3.63) is 48.0 Å². The molecular formula is C12H11NO2. The number of benzene rings is 1. The summed E-state index contributed by atoms with van der Waals surface area (Å²) in [6, 6.07) is 8.35. The average Bonchev–Trinajstić information content (AvgIpc) is 2.28. The number of esters is 1. The van der Waals surface area contributed by atoms with Crippen LogP contribution >= 0.6 is 0 Å². The van der Waals surface area contributed by atoms with Crippen LogP contribution in [0.5, 0.6) is 0 Å². The first-order chi connectivity index (χ1) is 7.17. The fourth-order valence-corrected chi connectivity index (χ4v) is 1.00. The summed E-state index contributed by atoms with van der Waals surface area (Å²) >= 11 is 0. The number of ether oxygens (including phenoxy) is 1. The predicted molar refractivity (Wildman–Crippen MR) is 56.2 cm³/mol. The van der Waals surface area contributed by atoms with E-state index in [9.17, 15) is 4.79 Å². The van der Waals surface area contributed by atoms with Gasteiger partial charge in [0, 0.05) is 0 Å². The minimum absolute atomic E-state index is 0.330. The molecule has 0 radical (unpaired) electrons. The Morgan fingerprint density at radius 3 is 3.00 bits per heavy atom. The zero-order chi connectivity index (χ0) is 11.3. The van der Waals surface area contributed by atoms with Crippen LogP contribution in [0.25, 0.3) is 0 Å². The van der Waals surface area contributed by atoms with E-state index in [2.05, 4.69) is 6.58 Å². The fraction of sp³-hybridized carbons (Fsp3) is 0.167. The average molecular weight is 201 g/mol. The van der Waals surface area contributed by atoms with Crippen molar-refractivity contribution >= 4 is 5.97 Å². The van der Waals surface area contributed by atoms with Crippen LogP contribution in [-0.2, 0) is 4.74 Å². The SMILES string of the molecule is C=C[C@@H](C)OC(=O)c1cccc(C#N)c1. The van der Waals surface area contributed by atoms with Gasteiger partial charge in [-0.25, -0.2) is 4.79 Å². The molecule has 76 valence electrons. The third-order valence-electron chi connectivity index (χ3n) is 1.85. The van der Waals surface area contributed by atoms with E-state index in [-0.39, 0.29) is 6.10 Å². The molecule has 0 aliphatic heterocycles. The van der Waals surface area contributed by atoms with E-state index >= 15 is 0 Å². The number of carbonyl (C=O) groups excluding carboxylic acids is 1. The van der Waals surface area contributed by atoms with E-state index in [0.29, 0.717) is 11.1 Å². The lowest BCUT2D eigenvalue weighted by molar-refractivity contribution is 0.0425. The predicted octanol–water partition coefficient (Wildman–Crippen LogP) is 2.29. The van der Waals surface area contributed by atoms with Crippen LogP contribution in [0.15, 0.2) is 36.9 Å². The topological polar surface area (TPSA) is 50.1 Å². The third-order valence-corrected chi connectivity index (χ3v) is 1.85. The van der Waals surface area contributed by atoms with Gasteiger partial charge in [0.15, 0.2) is 0 Å². The number of nitrogens with zero attached hydrogens (tertiary/aromatic N) is 1. The number of rotatable bonds is 3. The van der Waals surface area contributed by atoms with Gasteiger partial charge in [-0.3, -0.25) is 0 Å². The second kappa shape index (κ2) is 4.97. The van der Waals surface area contributed by atoms with Crippen LogP contribution in [-0.4, -0.2) is 12.1 Å². The Morgan fingerprint density at radius 2 is 2.40 bits per heavy atom. The monoisotopic (exact) mass is 201 g/mol. The van der Waals surface area contributed by atoms with Gasteiger partial charge < -0.3 is 4.74 Å². The van der Waals surface area contributed by atoms with Crippen molar-refractivity contribution in [3.63, 3.8) is 0 Å². The van der Waals surface area contributed by atoms with Crippen LogP contribution in [0.4, 0.5) is 0 Å². The molecule has 0 aliphatic rings. The molecule has 0 aromatic heterocycles. The summed E-state index contributed by atoms with van der Waals surface area (Å²) in [5.74, 6) is -0.445. The fourth-order valence-electron chi connectivity index (χ4n) is 1.00. The Hall–Kier alpha value is -2.08. The minimum Gasteiger partial charge on any atom is -0.455 e. The lowest BCUT2D eigenvalue weighted by Crippen LogP contribution is -2.12. The highest BCUT2D eigenvalue weighted by Crippen LogP contribution is 2.07. The van der Waals surface area contributed by atoms with Crippen LogP contribution in [0.3, 0.4) is 0 Å². The quantitative estimate of drug-likeness (QED) is 0.557. The lowest BCUT2D eigenvalue weighted by Gasteiger charge is -2.08. The molecule has 0 saturated heterocycles. The first-order valence-corrected chi connectivity index (χ1v) is 4.51. The van der Waals surface area contributed by atoms with Crippen molar-refractivity contribution in [1.82, 2.24) is 0 Å². The van der Waals surface area contributed by atoms with Gasteiger partial charge in [0.25, 0.3) is 0 Å². The van der Waals surface area contributed by atoms with Gasteiger partial charge in [-0.2, -0.15) is 5.26 Å². The molecule has 0 amide bonds. The Kier molecular flexibility index (Phi) is 3.64. The molecule has 0 aliphatic carbocycles. The van der Waals surface area contributed by atoms with E-state index in [1.165, 1.54) is 12.1 Å². The maximum Gasteiger partial charge on any atom is 0.338 e. The van der Waals surface area contributed by atoms with E-state index in [1.54, 1.807) is 25.1 Å². The van der Waals surface area contributed by atoms with Gasteiger partial charge >= 0.3 is 5.97 Å². The van der Waals surface area contributed by atoms with Crippen molar-refractivity contribution in [2.75, 3.05) is 0 Å². The largest absolute Gasteiger partial charge is 0.455 e. The highest BCUT2D eigenvalue weighted by atomic mass is 16.5. The number of nitriles is 1. The summed E-state index contributed by atoms with van der Waals surface area (Å²) in [5, 5.41) is 8.65. The second-order valence-corrected chi connectivity index (χ2v) is 3.04. The smallest absolute Gasteiger partial charge is 0.338 e. The number of hydrogen-bond donors (Lipinski definition) is 0. The van der Waals surface area contributed by atoms with Gasteiger partial charge in [-0.15, -0.1) is 0 Å². The first kappa shape index (κ1) is 11.0. The maximum absolute atomic E-state index is 11.5. The summed E-state index contributed by atoms with van der Waals surface area (Å²) in [6.07, 6.45) is 1.20. The molecule has 1 aromatic carbocycles. The zero-order valence-electron chi connectivity index (χ0n) is 8.43. The molecular weight excluding hydrogens is 190 g/mol. The van der Waals surface area contributed by atoms with E-state index < -0.39 is 5.97 Å². The summed E-state index contributed by atoms with van der Waals surface area (Å²) in [7, 11) is 0. The molecule has 1 aromatic rings. The maximum atomic E-state index is 11.5. The van der Waals surface area contributed by atoms with Crippen molar-refractivity contribution in [2.45, 2.75) is 13.0 Å². The van der Waals surface area contributed by atoms with E-state index in [0.717, 1.165) is 0 Å². The van der Waals surface area contributed by atoms with Gasteiger partial charge in [0.05, 0.1) is 17.2 Å². The van der Waals surface area contributed by atoms with Crippen LogP contribution < -0.4 is 0 Å². The van der Waals surface area contributed by atoms with Crippen LogP contribution in [0.1, 0.15) is 22.8 Å². The van der Waals surface area contributed by atoms with Crippen molar-refractivity contribution in [1.29, 1.82) is 5.26 Å². The summed E-state index contributed by atoms with van der Waals surface area (Å²) < 4.78 is 5.02. The highest BCUT2D eigenvalue weighted by Gasteiger charge is 2.09. The molecule has 3 heteroatoms. The molecule has 0 bridgehead atoms. The molecule has 0 fully saturated rings. The molecule has 0 spiro atoms. The van der Waals surface area contributed by atoms with Gasteiger partial charge in [-0.1, -0.05) is 18.7 Å². The molecule has 0 N–H and O–H groups in total. The van der Waals surface area contributed by atoms with Gasteiger partial charge in [0.1, 0.15) is 6.10 Å². The van der Waals surface area contributed by atoms with Crippen LogP contribution in [0.2, 0.25) is 0 Å². The Labute approximate surface area is 88.6 Å². The van der Waals surface area contributed by atoms with Crippen molar-refractivity contribution < 1.29 is 9.53 Å². The number of carbonyl (C=O) groups is 1. The molecule has 1 rings (SSSR count). The Morgan fingerprint density at radius 1 is 1.67 bits per heavy atom. The Balaban J connectivity index is 2.83. The normalized spacial score (nSPS) is 11.2. The minimum atomic E-state index is -0.445. The molecule has 1 atom stereocenters. The third kappa shape index (κ3) is 2.96. The van der Waals surface area contributed by atoms with E-state index in [4.69, 9.17) is 10.00 Å². The zero-order valence-corrected chi connectivity index (χ0v) is 8.43. The molecule has 0 saturated carbocycles. The summed E-state index contributed by atoms with van der Waals surface area (Å²) in [6.45, 7) is 5.23. The first-order valence-electron chi connectivity index (χ1n) is 4.51. The standard InChI is InChI=1S/C12H11NO2/c1-3-9(2)15-12(14)11-6-4-5-10(7-11)8-13/h3-7,9H,1H2,2H3/t9-/m1/s1. The molecule has 3 nitrogen and oxygen atoms in total. The van der Waals surface area contributed by atoms with Crippen molar-refractivity contribution in [3.8, 4) is 6.07 Å². The summed E-state index contributed by atoms with van der Waals surface area (Å²) in [4.78, 5) is 11.5. The molecule has 0 heterocycles. The second-order valence-electron chi connectivity index (χ2n) is 3.04.